The molecule has 0 amide bonds. The van der Waals surface area contributed by atoms with Crippen molar-refractivity contribution in [3.63, 3.8) is 0 Å². The Kier molecular flexibility index (Phi) is 4.85. The predicted octanol–water partition coefficient (Wildman–Crippen LogP) is 0.350. The van der Waals surface area contributed by atoms with Gasteiger partial charge in [0.05, 0.1) is 24.2 Å². The van der Waals surface area contributed by atoms with Crippen LogP contribution >= 0.6 is 0 Å². The number of carboxylic acid groups (broad SMARTS) is 2. The quantitative estimate of drug-likeness (QED) is 0.779. The Hall–Kier alpha value is -2.90. The van der Waals surface area contributed by atoms with Gasteiger partial charge < -0.3 is 10.2 Å². The van der Waals surface area contributed by atoms with Gasteiger partial charge in [0.1, 0.15) is 0 Å². The third kappa shape index (κ3) is 4.31. The number of carboxylic acids is 2. The highest BCUT2D eigenvalue weighted by molar-refractivity contribution is 5.86. The number of hydrogen-bond acceptors (Lipinski definition) is 6. The summed E-state index contributed by atoms with van der Waals surface area (Å²) < 4.78 is 0. The summed E-state index contributed by atoms with van der Waals surface area (Å²) in [6, 6.07) is 1.38. The number of aromatic carboxylic acids is 2. The van der Waals surface area contributed by atoms with Crippen molar-refractivity contribution in [2.75, 3.05) is 0 Å². The summed E-state index contributed by atoms with van der Waals surface area (Å²) >= 11 is 0. The monoisotopic (exact) mass is 248 g/mol. The van der Waals surface area contributed by atoms with E-state index in [4.69, 9.17) is 10.2 Å². The molecule has 2 aromatic rings. The first-order valence-electron chi connectivity index (χ1n) is 4.60. The van der Waals surface area contributed by atoms with Crippen LogP contribution in [0.15, 0.2) is 37.1 Å². The molecule has 8 heteroatoms. The zero-order valence-corrected chi connectivity index (χ0v) is 8.96. The lowest BCUT2D eigenvalue weighted by Gasteiger charge is -1.86. The maximum atomic E-state index is 10.1. The van der Waals surface area contributed by atoms with Crippen molar-refractivity contribution >= 4 is 11.9 Å². The average Bonchev–Trinajstić information content (AvgIpc) is 2.41. The molecule has 8 nitrogen and oxygen atoms in total. The third-order valence-electron chi connectivity index (χ3n) is 1.61. The molecule has 0 bridgehead atoms. The molecule has 2 rings (SSSR count). The molecule has 0 atom stereocenters. The second kappa shape index (κ2) is 6.63. The first-order chi connectivity index (χ1) is 8.61. The minimum atomic E-state index is -1.05. The molecule has 0 saturated heterocycles. The lowest BCUT2D eigenvalue weighted by atomic mass is 10.3. The average molecular weight is 248 g/mol. The van der Waals surface area contributed by atoms with Crippen LogP contribution in [0.5, 0.6) is 0 Å². The van der Waals surface area contributed by atoms with Gasteiger partial charge in [-0.15, -0.1) is 0 Å². The molecule has 0 aliphatic carbocycles. The highest BCUT2D eigenvalue weighted by atomic mass is 16.4. The maximum absolute atomic E-state index is 10.1. The van der Waals surface area contributed by atoms with Crippen molar-refractivity contribution in [2.45, 2.75) is 0 Å². The van der Waals surface area contributed by atoms with Crippen molar-refractivity contribution in [3.05, 3.63) is 48.3 Å². The molecule has 2 N–H and O–H groups in total. The van der Waals surface area contributed by atoms with E-state index in [1.165, 1.54) is 37.1 Å². The fourth-order valence-electron chi connectivity index (χ4n) is 0.827. The van der Waals surface area contributed by atoms with Gasteiger partial charge in [-0.2, -0.15) is 10.2 Å². The highest BCUT2D eigenvalue weighted by Crippen LogP contribution is 1.91. The molecule has 2 heterocycles. The fourth-order valence-corrected chi connectivity index (χ4v) is 0.827. The van der Waals surface area contributed by atoms with E-state index in [1.54, 1.807) is 0 Å². The minimum Gasteiger partial charge on any atom is -0.478 e. The van der Waals surface area contributed by atoms with Crippen molar-refractivity contribution in [3.8, 4) is 0 Å². The number of carbonyl (C=O) groups is 2. The van der Waals surface area contributed by atoms with E-state index in [1.807, 2.05) is 0 Å². The van der Waals surface area contributed by atoms with Crippen LogP contribution < -0.4 is 0 Å². The molecule has 0 unspecified atom stereocenters. The van der Waals surface area contributed by atoms with Gasteiger partial charge in [0.25, 0.3) is 0 Å². The van der Waals surface area contributed by atoms with Crippen LogP contribution in [0.25, 0.3) is 0 Å². The lowest BCUT2D eigenvalue weighted by Crippen LogP contribution is -1.99. The molecular weight excluding hydrogens is 240 g/mol. The van der Waals surface area contributed by atoms with Crippen molar-refractivity contribution < 1.29 is 19.8 Å². The van der Waals surface area contributed by atoms with Crippen LogP contribution in [0, 0.1) is 0 Å². The first-order valence-corrected chi connectivity index (χ1v) is 4.60. The number of aromatic nitrogens is 4. The van der Waals surface area contributed by atoms with E-state index < -0.39 is 11.9 Å². The van der Waals surface area contributed by atoms with Gasteiger partial charge in [-0.25, -0.2) is 14.6 Å². The van der Waals surface area contributed by atoms with Crippen LogP contribution in [0.2, 0.25) is 0 Å². The van der Waals surface area contributed by atoms with E-state index in [0.717, 1.165) is 0 Å². The normalized spacial score (nSPS) is 8.89. The second-order valence-electron chi connectivity index (χ2n) is 2.83. The smallest absolute Gasteiger partial charge is 0.356 e. The standard InChI is InChI=1S/2C5H4N2O2/c8-5(9)4-3-6-1-2-7-4;8-5(9)4-1-2-6-7-3-4/h2*1-3H,(H,8,9). The minimum absolute atomic E-state index is 0.0301. The van der Waals surface area contributed by atoms with Crippen molar-refractivity contribution in [2.24, 2.45) is 0 Å². The molecule has 0 fully saturated rings. The number of hydrogen-bond donors (Lipinski definition) is 2. The maximum Gasteiger partial charge on any atom is 0.356 e. The van der Waals surface area contributed by atoms with E-state index in [0.29, 0.717) is 0 Å². The summed E-state index contributed by atoms with van der Waals surface area (Å²) in [7, 11) is 0. The molecule has 0 aliphatic heterocycles. The topological polar surface area (TPSA) is 126 Å². The second-order valence-corrected chi connectivity index (χ2v) is 2.83. The third-order valence-corrected chi connectivity index (χ3v) is 1.61. The van der Waals surface area contributed by atoms with E-state index in [9.17, 15) is 9.59 Å². The van der Waals surface area contributed by atoms with Crippen LogP contribution in [0.3, 0.4) is 0 Å². The SMILES string of the molecule is O=C(O)c1ccnnc1.O=C(O)c1cnccn1. The number of rotatable bonds is 2. The number of nitrogens with zero attached hydrogens (tertiary/aromatic N) is 4. The van der Waals surface area contributed by atoms with Gasteiger partial charge in [-0.05, 0) is 6.07 Å². The van der Waals surface area contributed by atoms with Crippen molar-refractivity contribution in [1.29, 1.82) is 0 Å². The molecule has 0 spiro atoms. The summed E-state index contributed by atoms with van der Waals surface area (Å²) in [5, 5.41) is 23.4. The van der Waals surface area contributed by atoms with Crippen LogP contribution in [-0.4, -0.2) is 42.3 Å². The van der Waals surface area contributed by atoms with Gasteiger partial charge in [0, 0.05) is 12.4 Å². The first kappa shape index (κ1) is 13.2. The molecule has 18 heavy (non-hydrogen) atoms. The summed E-state index contributed by atoms with van der Waals surface area (Å²) in [6.07, 6.45) is 6.49. The molecular formula is C10H8N4O4. The van der Waals surface area contributed by atoms with E-state index >= 15 is 0 Å². The Labute approximate surface area is 101 Å². The summed E-state index contributed by atoms with van der Waals surface area (Å²) in [5.74, 6) is -2.03. The molecule has 0 saturated carbocycles. The molecule has 92 valence electrons. The van der Waals surface area contributed by atoms with Crippen molar-refractivity contribution in [1.82, 2.24) is 20.2 Å². The van der Waals surface area contributed by atoms with Gasteiger partial charge in [-0.3, -0.25) is 4.98 Å². The van der Waals surface area contributed by atoms with Crippen LogP contribution in [0.4, 0.5) is 0 Å². The fraction of sp³-hybridized carbons (Fsp3) is 0. The Bertz CT molecular complexity index is 468. The zero-order chi connectivity index (χ0) is 13.4. The van der Waals surface area contributed by atoms with Gasteiger partial charge in [-0.1, -0.05) is 0 Å². The Balaban J connectivity index is 0.000000180. The molecule has 0 radical (unpaired) electrons. The van der Waals surface area contributed by atoms with Crippen LogP contribution in [0.1, 0.15) is 20.8 Å². The Morgan fingerprint density at radius 1 is 0.944 bits per heavy atom. The highest BCUT2D eigenvalue weighted by Gasteiger charge is 2.00. The van der Waals surface area contributed by atoms with E-state index in [-0.39, 0.29) is 11.3 Å². The van der Waals surface area contributed by atoms with E-state index in [2.05, 4.69) is 20.2 Å². The van der Waals surface area contributed by atoms with Gasteiger partial charge in [0.2, 0.25) is 0 Å². The largest absolute Gasteiger partial charge is 0.478 e. The summed E-state index contributed by atoms with van der Waals surface area (Å²) in [6.45, 7) is 0. The lowest BCUT2D eigenvalue weighted by molar-refractivity contribution is 0.0682. The molecule has 0 aliphatic rings. The van der Waals surface area contributed by atoms with Gasteiger partial charge >= 0.3 is 11.9 Å². The Morgan fingerprint density at radius 2 is 1.72 bits per heavy atom. The molecule has 0 aromatic carbocycles. The zero-order valence-electron chi connectivity index (χ0n) is 8.96. The van der Waals surface area contributed by atoms with Crippen LogP contribution in [-0.2, 0) is 0 Å². The Morgan fingerprint density at radius 3 is 2.06 bits per heavy atom. The summed E-state index contributed by atoms with van der Waals surface area (Å²) in [5.41, 5.74) is 0.127. The predicted molar refractivity (Wildman–Crippen MR) is 58.0 cm³/mol. The summed E-state index contributed by atoms with van der Waals surface area (Å²) in [4.78, 5) is 27.3. The van der Waals surface area contributed by atoms with Gasteiger partial charge in [0.15, 0.2) is 5.69 Å². The molecule has 2 aromatic heterocycles.